The zero-order valence-corrected chi connectivity index (χ0v) is 12.6. The molecule has 0 aliphatic carbocycles. The largest absolute Gasteiger partial charge is 0.316 e. The van der Waals surface area contributed by atoms with Gasteiger partial charge in [0.25, 0.3) is 0 Å². The number of nitrogens with one attached hydrogen (secondary N) is 1. The first kappa shape index (κ1) is 14.1. The van der Waals surface area contributed by atoms with Gasteiger partial charge >= 0.3 is 0 Å². The van der Waals surface area contributed by atoms with Crippen LogP contribution in [-0.4, -0.2) is 17.1 Å². The number of carbonyl (C=O) groups excluding carboxylic acids is 1. The number of carbonyl (C=O) groups is 1. The molecule has 1 amide bonds. The van der Waals surface area contributed by atoms with E-state index in [4.69, 9.17) is 0 Å². The van der Waals surface area contributed by atoms with E-state index in [1.807, 2.05) is 43.5 Å². The lowest BCUT2D eigenvalue weighted by Crippen LogP contribution is -2.10. The molecule has 0 fully saturated rings. The molecule has 0 unspecified atom stereocenters. The molecule has 0 saturated carbocycles. The first-order valence-corrected chi connectivity index (χ1v) is 8.18. The van der Waals surface area contributed by atoms with Crippen molar-refractivity contribution in [3.8, 4) is 11.3 Å². The number of benzene rings is 1. The van der Waals surface area contributed by atoms with Gasteiger partial charge in [-0.1, -0.05) is 60.4 Å². The van der Waals surface area contributed by atoms with Crippen LogP contribution in [0.25, 0.3) is 11.3 Å². The van der Waals surface area contributed by atoms with Gasteiger partial charge in [-0.15, -0.1) is 0 Å². The lowest BCUT2D eigenvalue weighted by atomic mass is 10.2. The molecular formula is C14H16N2OS2. The summed E-state index contributed by atoms with van der Waals surface area (Å²) in [7, 11) is 0. The van der Waals surface area contributed by atoms with E-state index in [1.165, 1.54) is 11.3 Å². The van der Waals surface area contributed by atoms with Gasteiger partial charge < -0.3 is 5.32 Å². The fourth-order valence-electron chi connectivity index (χ4n) is 1.68. The number of aromatic nitrogens is 1. The molecule has 0 atom stereocenters. The average Bonchev–Trinajstić information content (AvgIpc) is 2.83. The van der Waals surface area contributed by atoms with Gasteiger partial charge in [0.2, 0.25) is 5.91 Å². The van der Waals surface area contributed by atoms with Crippen LogP contribution in [0.5, 0.6) is 0 Å². The Morgan fingerprint density at radius 3 is 2.74 bits per heavy atom. The molecule has 1 heterocycles. The maximum absolute atomic E-state index is 11.8. The second-order valence-electron chi connectivity index (χ2n) is 4.03. The summed E-state index contributed by atoms with van der Waals surface area (Å²) in [6, 6.07) is 9.94. The lowest BCUT2D eigenvalue weighted by molar-refractivity contribution is -0.116. The quantitative estimate of drug-likeness (QED) is 0.837. The van der Waals surface area contributed by atoms with Crippen molar-refractivity contribution in [3.63, 3.8) is 0 Å². The number of nitrogens with zero attached hydrogens (tertiary/aromatic N) is 1. The molecule has 2 aromatic rings. The maximum Gasteiger partial charge on any atom is 0.225 e. The van der Waals surface area contributed by atoms with Gasteiger partial charge in [-0.3, -0.25) is 4.79 Å². The van der Waals surface area contributed by atoms with Crippen LogP contribution in [-0.2, 0) is 4.79 Å². The summed E-state index contributed by atoms with van der Waals surface area (Å²) < 4.78 is 0.964. The van der Waals surface area contributed by atoms with Gasteiger partial charge in [-0.05, 0) is 12.7 Å². The normalized spacial score (nSPS) is 10.4. The third kappa shape index (κ3) is 3.58. The zero-order chi connectivity index (χ0) is 13.7. The standard InChI is InChI=1S/C14H16N2OS2/c1-3-7-11(17)15-13-12(16-14(18-2)19-13)10-8-5-4-6-9-10/h4-6,8-9H,3,7H2,1-2H3,(H,15,17). The van der Waals surface area contributed by atoms with Crippen molar-refractivity contribution in [2.75, 3.05) is 11.6 Å². The summed E-state index contributed by atoms with van der Waals surface area (Å²) in [5.41, 5.74) is 1.89. The van der Waals surface area contributed by atoms with E-state index in [1.54, 1.807) is 11.8 Å². The molecule has 5 heteroatoms. The van der Waals surface area contributed by atoms with Crippen LogP contribution < -0.4 is 5.32 Å². The number of hydrogen-bond acceptors (Lipinski definition) is 4. The molecule has 0 spiro atoms. The third-order valence-electron chi connectivity index (χ3n) is 2.56. The fraction of sp³-hybridized carbons (Fsp3) is 0.286. The molecule has 0 aliphatic rings. The van der Waals surface area contributed by atoms with Crippen molar-refractivity contribution in [2.45, 2.75) is 24.1 Å². The zero-order valence-electron chi connectivity index (χ0n) is 11.0. The lowest BCUT2D eigenvalue weighted by Gasteiger charge is -2.04. The Balaban J connectivity index is 2.32. The van der Waals surface area contributed by atoms with E-state index in [-0.39, 0.29) is 5.91 Å². The van der Waals surface area contributed by atoms with Crippen molar-refractivity contribution < 1.29 is 4.79 Å². The topological polar surface area (TPSA) is 42.0 Å². The predicted molar refractivity (Wildman–Crippen MR) is 82.9 cm³/mol. The van der Waals surface area contributed by atoms with E-state index in [0.29, 0.717) is 6.42 Å². The van der Waals surface area contributed by atoms with Crippen LogP contribution in [0.2, 0.25) is 0 Å². The Hall–Kier alpha value is -1.33. The minimum atomic E-state index is 0.0518. The summed E-state index contributed by atoms with van der Waals surface area (Å²) in [5, 5.41) is 3.81. The van der Waals surface area contributed by atoms with Crippen LogP contribution in [0.3, 0.4) is 0 Å². The average molecular weight is 292 g/mol. The van der Waals surface area contributed by atoms with Crippen LogP contribution >= 0.6 is 23.1 Å². The summed E-state index contributed by atoms with van der Waals surface area (Å²) >= 11 is 3.12. The van der Waals surface area contributed by atoms with Crippen LogP contribution in [0, 0.1) is 0 Å². The second-order valence-corrected chi connectivity index (χ2v) is 6.08. The van der Waals surface area contributed by atoms with Gasteiger partial charge in [0.1, 0.15) is 10.7 Å². The Bertz CT molecular complexity index is 552. The Morgan fingerprint density at radius 1 is 1.37 bits per heavy atom. The summed E-state index contributed by atoms with van der Waals surface area (Å²) in [5.74, 6) is 0.0518. The number of hydrogen-bond donors (Lipinski definition) is 1. The number of anilines is 1. The Labute approximate surface area is 121 Å². The van der Waals surface area contributed by atoms with Crippen LogP contribution in [0.15, 0.2) is 34.7 Å². The first-order valence-electron chi connectivity index (χ1n) is 6.14. The monoisotopic (exact) mass is 292 g/mol. The van der Waals surface area contributed by atoms with Crippen LogP contribution in [0.4, 0.5) is 5.00 Å². The van der Waals surface area contributed by atoms with Crippen molar-refractivity contribution in [3.05, 3.63) is 30.3 Å². The molecule has 0 bridgehead atoms. The molecule has 0 saturated heterocycles. The van der Waals surface area contributed by atoms with E-state index in [0.717, 1.165) is 27.0 Å². The highest BCUT2D eigenvalue weighted by atomic mass is 32.2. The van der Waals surface area contributed by atoms with Gasteiger partial charge in [0, 0.05) is 12.0 Å². The molecular weight excluding hydrogens is 276 g/mol. The molecule has 100 valence electrons. The van der Waals surface area contributed by atoms with E-state index in [9.17, 15) is 4.79 Å². The van der Waals surface area contributed by atoms with Gasteiger partial charge in [0.05, 0.1) is 0 Å². The second kappa shape index (κ2) is 6.73. The van der Waals surface area contributed by atoms with Crippen molar-refractivity contribution in [1.82, 2.24) is 4.98 Å². The minimum absolute atomic E-state index is 0.0518. The molecule has 2 rings (SSSR count). The van der Waals surface area contributed by atoms with Gasteiger partial charge in [-0.2, -0.15) is 0 Å². The SMILES string of the molecule is CCCC(=O)Nc1sc(SC)nc1-c1ccccc1. The highest BCUT2D eigenvalue weighted by Crippen LogP contribution is 2.36. The van der Waals surface area contributed by atoms with Crippen molar-refractivity contribution in [1.29, 1.82) is 0 Å². The number of rotatable bonds is 5. The fourth-order valence-corrected chi connectivity index (χ4v) is 3.18. The smallest absolute Gasteiger partial charge is 0.225 e. The number of thioether (sulfide) groups is 1. The summed E-state index contributed by atoms with van der Waals surface area (Å²) in [6.07, 6.45) is 3.38. The summed E-state index contributed by atoms with van der Waals surface area (Å²) in [6.45, 7) is 2.00. The molecule has 19 heavy (non-hydrogen) atoms. The predicted octanol–water partition coefficient (Wildman–Crippen LogP) is 4.27. The Morgan fingerprint density at radius 2 is 2.11 bits per heavy atom. The maximum atomic E-state index is 11.8. The van der Waals surface area contributed by atoms with Gasteiger partial charge in [0.15, 0.2) is 4.34 Å². The van der Waals surface area contributed by atoms with E-state index < -0.39 is 0 Å². The third-order valence-corrected chi connectivity index (χ3v) is 4.52. The van der Waals surface area contributed by atoms with E-state index >= 15 is 0 Å². The number of thiazole rings is 1. The first-order chi connectivity index (χ1) is 9.24. The number of amides is 1. The molecule has 3 nitrogen and oxygen atoms in total. The molecule has 0 aliphatic heterocycles. The van der Waals surface area contributed by atoms with Gasteiger partial charge in [-0.25, -0.2) is 4.98 Å². The minimum Gasteiger partial charge on any atom is -0.316 e. The molecule has 1 aromatic heterocycles. The Kier molecular flexibility index (Phi) is 4.99. The molecule has 0 radical (unpaired) electrons. The van der Waals surface area contributed by atoms with E-state index in [2.05, 4.69) is 10.3 Å². The molecule has 1 aromatic carbocycles. The van der Waals surface area contributed by atoms with Crippen molar-refractivity contribution in [2.24, 2.45) is 0 Å². The van der Waals surface area contributed by atoms with Crippen LogP contribution in [0.1, 0.15) is 19.8 Å². The highest BCUT2D eigenvalue weighted by molar-refractivity contribution is 8.00. The highest BCUT2D eigenvalue weighted by Gasteiger charge is 2.14. The molecule has 1 N–H and O–H groups in total. The summed E-state index contributed by atoms with van der Waals surface area (Å²) in [4.78, 5) is 16.3. The van der Waals surface area contributed by atoms with Crippen molar-refractivity contribution >= 4 is 34.0 Å².